The predicted octanol–water partition coefficient (Wildman–Crippen LogP) is 4.34. The number of hydrogen-bond donors (Lipinski definition) is 0. The number of rotatable bonds is 3. The van der Waals surface area contributed by atoms with Crippen LogP contribution in [-0.4, -0.2) is 5.78 Å². The molecule has 0 heterocycles. The Balaban J connectivity index is 2.12. The maximum absolute atomic E-state index is 13.6. The molecule has 1 aromatic carbocycles. The smallest absolute Gasteiger partial charge is 0.163 e. The van der Waals surface area contributed by atoms with Crippen molar-refractivity contribution < 1.29 is 9.18 Å². The Morgan fingerprint density at radius 3 is 2.89 bits per heavy atom. The monoisotopic (exact) mass is 266 g/mol. The summed E-state index contributed by atoms with van der Waals surface area (Å²) in [6.07, 6.45) is 4.82. The molecule has 0 aromatic heterocycles. The topological polar surface area (TPSA) is 17.1 Å². The van der Waals surface area contributed by atoms with Crippen molar-refractivity contribution in [2.75, 3.05) is 0 Å². The molecule has 1 nitrogen and oxygen atoms in total. The quantitative estimate of drug-likeness (QED) is 0.795. The maximum atomic E-state index is 13.6. The van der Waals surface area contributed by atoms with Gasteiger partial charge in [0.2, 0.25) is 0 Å². The van der Waals surface area contributed by atoms with E-state index in [1.54, 1.807) is 12.1 Å². The van der Waals surface area contributed by atoms with Gasteiger partial charge in [0.15, 0.2) is 5.78 Å². The van der Waals surface area contributed by atoms with Gasteiger partial charge < -0.3 is 0 Å². The Bertz CT molecular complexity index is 473. The minimum Gasteiger partial charge on any atom is -0.294 e. The van der Waals surface area contributed by atoms with E-state index in [2.05, 4.69) is 6.92 Å². The van der Waals surface area contributed by atoms with Gasteiger partial charge in [0.05, 0.1) is 0 Å². The van der Waals surface area contributed by atoms with Crippen molar-refractivity contribution in [3.05, 3.63) is 46.3 Å². The molecule has 1 aliphatic carbocycles. The molecule has 0 N–H and O–H groups in total. The average molecular weight is 267 g/mol. The van der Waals surface area contributed by atoms with Crippen LogP contribution >= 0.6 is 11.6 Å². The molecule has 96 valence electrons. The highest BCUT2D eigenvalue weighted by molar-refractivity contribution is 6.31. The van der Waals surface area contributed by atoms with Crippen molar-refractivity contribution in [2.45, 2.75) is 32.6 Å². The minimum atomic E-state index is -0.402. The van der Waals surface area contributed by atoms with Crippen molar-refractivity contribution in [3.63, 3.8) is 0 Å². The van der Waals surface area contributed by atoms with Gasteiger partial charge in [0.1, 0.15) is 5.82 Å². The normalized spacial score (nSPS) is 19.5. The van der Waals surface area contributed by atoms with Crippen molar-refractivity contribution >= 4 is 17.4 Å². The minimum absolute atomic E-state index is 0.00565. The molecular formula is C15H16ClFO. The number of carbonyl (C=O) groups excluding carboxylic acids is 1. The predicted molar refractivity (Wildman–Crippen MR) is 71.2 cm³/mol. The second-order valence-electron chi connectivity index (χ2n) is 4.91. The summed E-state index contributed by atoms with van der Waals surface area (Å²) in [5.74, 6) is 0.230. The molecule has 2 rings (SSSR count). The highest BCUT2D eigenvalue weighted by atomic mass is 35.5. The van der Waals surface area contributed by atoms with Crippen LogP contribution in [0.25, 0.3) is 0 Å². The Morgan fingerprint density at radius 2 is 2.28 bits per heavy atom. The summed E-state index contributed by atoms with van der Waals surface area (Å²) in [4.78, 5) is 12.1. The van der Waals surface area contributed by atoms with E-state index in [0.29, 0.717) is 16.5 Å². The lowest BCUT2D eigenvalue weighted by molar-refractivity contribution is -0.115. The maximum Gasteiger partial charge on any atom is 0.163 e. The molecule has 18 heavy (non-hydrogen) atoms. The number of hydrogen-bond acceptors (Lipinski definition) is 1. The molecule has 1 unspecified atom stereocenters. The Hall–Kier alpha value is -1.15. The summed E-state index contributed by atoms with van der Waals surface area (Å²) >= 11 is 5.92. The molecule has 1 atom stereocenters. The Labute approximate surface area is 112 Å². The van der Waals surface area contributed by atoms with E-state index in [0.717, 1.165) is 24.8 Å². The van der Waals surface area contributed by atoms with Crippen LogP contribution in [0.4, 0.5) is 4.39 Å². The third-order valence-corrected chi connectivity index (χ3v) is 3.78. The van der Waals surface area contributed by atoms with E-state index in [1.165, 1.54) is 6.07 Å². The molecule has 0 saturated heterocycles. The van der Waals surface area contributed by atoms with Crippen LogP contribution in [0.15, 0.2) is 29.8 Å². The third-order valence-electron chi connectivity index (χ3n) is 3.43. The molecule has 0 bridgehead atoms. The average Bonchev–Trinajstić information content (AvgIpc) is 2.34. The van der Waals surface area contributed by atoms with E-state index < -0.39 is 5.82 Å². The Kier molecular flexibility index (Phi) is 4.18. The Morgan fingerprint density at radius 1 is 1.50 bits per heavy atom. The van der Waals surface area contributed by atoms with Crippen molar-refractivity contribution in [2.24, 2.45) is 5.92 Å². The highest BCUT2D eigenvalue weighted by Crippen LogP contribution is 2.26. The van der Waals surface area contributed by atoms with Crippen LogP contribution in [0.3, 0.4) is 0 Å². The fourth-order valence-electron chi connectivity index (χ4n) is 2.19. The second kappa shape index (κ2) is 5.66. The molecule has 0 amide bonds. The number of allylic oxidation sites excluding steroid dienone is 2. The molecule has 1 aromatic rings. The van der Waals surface area contributed by atoms with Gasteiger partial charge in [-0.1, -0.05) is 30.7 Å². The first kappa shape index (κ1) is 13.3. The molecule has 1 aliphatic rings. The third kappa shape index (κ3) is 2.99. The number of halogens is 2. The first-order valence-electron chi connectivity index (χ1n) is 6.23. The van der Waals surface area contributed by atoms with E-state index in [4.69, 9.17) is 11.6 Å². The van der Waals surface area contributed by atoms with Gasteiger partial charge in [-0.2, -0.15) is 0 Å². The van der Waals surface area contributed by atoms with Crippen molar-refractivity contribution in [3.8, 4) is 0 Å². The van der Waals surface area contributed by atoms with Crippen LogP contribution in [0.5, 0.6) is 0 Å². The summed E-state index contributed by atoms with van der Waals surface area (Å²) in [7, 11) is 0. The van der Waals surface area contributed by atoms with Gasteiger partial charge >= 0.3 is 0 Å². The molecule has 0 radical (unpaired) electrons. The molecule has 0 fully saturated rings. The van der Waals surface area contributed by atoms with E-state index in [9.17, 15) is 9.18 Å². The lowest BCUT2D eigenvalue weighted by Gasteiger charge is -2.17. The molecule has 0 saturated carbocycles. The number of Topliss-reactive ketones (excluding diaryl/α,β-unsaturated/α-hetero) is 1. The first-order valence-corrected chi connectivity index (χ1v) is 6.61. The molecule has 0 aliphatic heterocycles. The SMILES string of the molecule is CC1CC=C(C(=O)Cc2c(F)cccc2Cl)CC1. The van der Waals surface area contributed by atoms with Crippen LogP contribution < -0.4 is 0 Å². The second-order valence-corrected chi connectivity index (χ2v) is 5.32. The zero-order valence-corrected chi connectivity index (χ0v) is 11.1. The van der Waals surface area contributed by atoms with Crippen LogP contribution in [0.2, 0.25) is 5.02 Å². The van der Waals surface area contributed by atoms with E-state index in [1.807, 2.05) is 6.08 Å². The highest BCUT2D eigenvalue weighted by Gasteiger charge is 2.18. The molecule has 0 spiro atoms. The van der Waals surface area contributed by atoms with E-state index in [-0.39, 0.29) is 12.2 Å². The summed E-state index contributed by atoms with van der Waals surface area (Å²) in [6, 6.07) is 4.50. The largest absolute Gasteiger partial charge is 0.294 e. The van der Waals surface area contributed by atoms with Crippen LogP contribution in [-0.2, 0) is 11.2 Å². The molecular weight excluding hydrogens is 251 g/mol. The van der Waals surface area contributed by atoms with Gasteiger partial charge in [0, 0.05) is 17.0 Å². The van der Waals surface area contributed by atoms with Crippen molar-refractivity contribution in [1.29, 1.82) is 0 Å². The van der Waals surface area contributed by atoms with E-state index >= 15 is 0 Å². The summed E-state index contributed by atoms with van der Waals surface area (Å²) in [5, 5.41) is 0.327. The zero-order chi connectivity index (χ0) is 13.1. The van der Waals surface area contributed by atoms with Crippen LogP contribution in [0, 0.1) is 11.7 Å². The lowest BCUT2D eigenvalue weighted by Crippen LogP contribution is -2.13. The van der Waals surface area contributed by atoms with Crippen LogP contribution in [0.1, 0.15) is 31.7 Å². The summed E-state index contributed by atoms with van der Waals surface area (Å²) < 4.78 is 13.6. The summed E-state index contributed by atoms with van der Waals surface area (Å²) in [5.41, 5.74) is 1.14. The fourth-order valence-corrected chi connectivity index (χ4v) is 2.42. The standard InChI is InChI=1S/C15H16ClFO/c1-10-5-7-11(8-6-10)15(18)9-12-13(16)3-2-4-14(12)17/h2-4,7,10H,5-6,8-9H2,1H3. The van der Waals surface area contributed by atoms with Gasteiger partial charge in [-0.3, -0.25) is 4.79 Å². The number of benzene rings is 1. The zero-order valence-electron chi connectivity index (χ0n) is 10.4. The molecule has 3 heteroatoms. The van der Waals surface area contributed by atoms with Gasteiger partial charge in [-0.05, 0) is 42.9 Å². The van der Waals surface area contributed by atoms with Gasteiger partial charge in [-0.15, -0.1) is 0 Å². The van der Waals surface area contributed by atoms with Gasteiger partial charge in [-0.25, -0.2) is 4.39 Å². The fraction of sp³-hybridized carbons (Fsp3) is 0.400. The first-order chi connectivity index (χ1) is 8.58. The van der Waals surface area contributed by atoms with Gasteiger partial charge in [0.25, 0.3) is 0 Å². The number of carbonyl (C=O) groups is 1. The number of ketones is 1. The lowest BCUT2D eigenvalue weighted by atomic mass is 9.88. The summed E-state index contributed by atoms with van der Waals surface area (Å²) in [6.45, 7) is 2.17. The van der Waals surface area contributed by atoms with Crippen molar-refractivity contribution in [1.82, 2.24) is 0 Å².